The number of aromatic nitrogens is 4. The molecule has 5 rings (SSSR count). The van der Waals surface area contributed by atoms with E-state index in [0.717, 1.165) is 0 Å². The summed E-state index contributed by atoms with van der Waals surface area (Å²) >= 11 is 7.61. The Hall–Kier alpha value is -3.69. The molecule has 0 atom stereocenters. The van der Waals surface area contributed by atoms with Crippen LogP contribution in [0, 0.1) is 5.82 Å². The summed E-state index contributed by atoms with van der Waals surface area (Å²) in [5.41, 5.74) is 1.51. The summed E-state index contributed by atoms with van der Waals surface area (Å²) in [6.07, 6.45) is 0. The molecule has 2 aromatic heterocycles. The lowest BCUT2D eigenvalue weighted by atomic mass is 10.2. The second-order valence-corrected chi connectivity index (χ2v) is 8.53. The monoisotopic (exact) mass is 494 g/mol. The van der Waals surface area contributed by atoms with Crippen LogP contribution in [0.1, 0.15) is 5.82 Å². The minimum Gasteiger partial charge on any atom is -0.495 e. The lowest BCUT2D eigenvalue weighted by molar-refractivity contribution is 0.415. The van der Waals surface area contributed by atoms with Crippen LogP contribution in [0.3, 0.4) is 0 Å². The molecule has 34 heavy (non-hydrogen) atoms. The van der Waals surface area contributed by atoms with Crippen LogP contribution < -0.4 is 10.3 Å². The van der Waals surface area contributed by atoms with Crippen LogP contribution in [0.2, 0.25) is 5.02 Å². The van der Waals surface area contributed by atoms with Gasteiger partial charge in [-0.15, -0.1) is 0 Å². The van der Waals surface area contributed by atoms with E-state index in [2.05, 4.69) is 10.1 Å². The minimum absolute atomic E-state index is 0.227. The normalized spacial score (nSPS) is 11.1. The molecule has 0 radical (unpaired) electrons. The number of hydrogen-bond acceptors (Lipinski definition) is 7. The summed E-state index contributed by atoms with van der Waals surface area (Å²) in [4.78, 5) is 22.5. The molecule has 0 aliphatic carbocycles. The van der Waals surface area contributed by atoms with Gasteiger partial charge in [-0.25, -0.2) is 9.37 Å². The van der Waals surface area contributed by atoms with Crippen molar-refractivity contribution in [3.05, 3.63) is 93.7 Å². The Morgan fingerprint density at radius 3 is 2.65 bits per heavy atom. The highest BCUT2D eigenvalue weighted by atomic mass is 35.5. The first-order valence-electron chi connectivity index (χ1n) is 10.1. The molecule has 0 N–H and O–H groups in total. The van der Waals surface area contributed by atoms with Crippen molar-refractivity contribution >= 4 is 34.3 Å². The number of ether oxygens (including phenoxy) is 1. The quantitative estimate of drug-likeness (QED) is 0.227. The molecule has 0 aliphatic rings. The highest BCUT2D eigenvalue weighted by molar-refractivity contribution is 7.98. The van der Waals surface area contributed by atoms with Gasteiger partial charge in [-0.05, 0) is 54.6 Å². The second kappa shape index (κ2) is 9.28. The topological polar surface area (TPSA) is 83.0 Å². The number of fused-ring (bicyclic) bond motifs is 1. The maximum atomic E-state index is 13.4. The third-order valence-corrected chi connectivity index (χ3v) is 6.26. The Kier molecular flexibility index (Phi) is 6.04. The van der Waals surface area contributed by atoms with Gasteiger partial charge < -0.3 is 9.26 Å². The summed E-state index contributed by atoms with van der Waals surface area (Å²) in [5, 5.41) is 5.30. The molecule has 3 aromatic carbocycles. The lowest BCUT2D eigenvalue weighted by Gasteiger charge is -2.14. The van der Waals surface area contributed by atoms with Gasteiger partial charge >= 0.3 is 0 Å². The van der Waals surface area contributed by atoms with Gasteiger partial charge in [-0.3, -0.25) is 9.36 Å². The zero-order valence-corrected chi connectivity index (χ0v) is 19.3. The molecule has 10 heteroatoms. The Bertz CT molecular complexity index is 1550. The molecular formula is C24H16ClFN4O3S. The fraction of sp³-hybridized carbons (Fsp3) is 0.0833. The second-order valence-electron chi connectivity index (χ2n) is 7.18. The fourth-order valence-electron chi connectivity index (χ4n) is 3.38. The third kappa shape index (κ3) is 4.27. The molecule has 0 amide bonds. The standard InChI is InChI=1S/C24H16ClFN4O3S/c1-32-20-11-10-16(12-18(20)25)30-23(31)17-4-2-3-5-19(17)27-24(30)34-13-21-28-22(33-29-21)14-6-8-15(26)9-7-14/h2-12H,13H2,1H3. The van der Waals surface area contributed by atoms with Gasteiger partial charge in [0.2, 0.25) is 0 Å². The number of benzene rings is 3. The van der Waals surface area contributed by atoms with Crippen LogP contribution in [0.5, 0.6) is 5.75 Å². The molecular weight excluding hydrogens is 479 g/mol. The van der Waals surface area contributed by atoms with E-state index < -0.39 is 0 Å². The zero-order valence-electron chi connectivity index (χ0n) is 17.7. The Morgan fingerprint density at radius 1 is 1.09 bits per heavy atom. The predicted molar refractivity (Wildman–Crippen MR) is 128 cm³/mol. The smallest absolute Gasteiger partial charge is 0.266 e. The average Bonchev–Trinajstić information content (AvgIpc) is 3.32. The molecule has 0 saturated carbocycles. The highest BCUT2D eigenvalue weighted by Crippen LogP contribution is 2.29. The number of thioether (sulfide) groups is 1. The minimum atomic E-state index is -0.349. The van der Waals surface area contributed by atoms with Gasteiger partial charge in [0.05, 0.1) is 34.5 Å². The van der Waals surface area contributed by atoms with E-state index >= 15 is 0 Å². The summed E-state index contributed by atoms with van der Waals surface area (Å²) < 4.78 is 25.2. The summed E-state index contributed by atoms with van der Waals surface area (Å²) in [5.74, 6) is 1.13. The van der Waals surface area contributed by atoms with Gasteiger partial charge in [0.15, 0.2) is 11.0 Å². The zero-order chi connectivity index (χ0) is 23.7. The van der Waals surface area contributed by atoms with Gasteiger partial charge in [0, 0.05) is 5.56 Å². The molecule has 0 saturated heterocycles. The Labute approximate surface area is 202 Å². The molecule has 7 nitrogen and oxygen atoms in total. The first-order valence-corrected chi connectivity index (χ1v) is 11.5. The van der Waals surface area contributed by atoms with Gasteiger partial charge in [-0.2, -0.15) is 4.98 Å². The van der Waals surface area contributed by atoms with Crippen molar-refractivity contribution in [2.45, 2.75) is 10.9 Å². The summed E-state index contributed by atoms with van der Waals surface area (Å²) in [6, 6.07) is 18.0. The summed E-state index contributed by atoms with van der Waals surface area (Å²) in [7, 11) is 1.52. The largest absolute Gasteiger partial charge is 0.495 e. The van der Waals surface area contributed by atoms with Crippen LogP contribution in [0.15, 0.2) is 81.2 Å². The van der Waals surface area contributed by atoms with Crippen LogP contribution in [0.4, 0.5) is 4.39 Å². The first-order chi connectivity index (χ1) is 16.5. The molecule has 2 heterocycles. The number of nitrogens with zero attached hydrogens (tertiary/aromatic N) is 4. The van der Waals surface area contributed by atoms with Gasteiger partial charge in [0.1, 0.15) is 11.6 Å². The first kappa shape index (κ1) is 22.1. The number of halogens is 2. The number of rotatable bonds is 6. The maximum Gasteiger partial charge on any atom is 0.266 e. The number of para-hydroxylation sites is 1. The van der Waals surface area contributed by atoms with Crippen molar-refractivity contribution in [3.8, 4) is 22.9 Å². The van der Waals surface area contributed by atoms with Crippen LogP contribution in [-0.4, -0.2) is 26.8 Å². The molecule has 5 aromatic rings. The van der Waals surface area contributed by atoms with Gasteiger partial charge in [0.25, 0.3) is 11.4 Å². The molecule has 170 valence electrons. The fourth-order valence-corrected chi connectivity index (χ4v) is 4.49. The number of hydrogen-bond donors (Lipinski definition) is 0. The Morgan fingerprint density at radius 2 is 1.88 bits per heavy atom. The van der Waals surface area contributed by atoms with Crippen molar-refractivity contribution in [2.75, 3.05) is 7.11 Å². The van der Waals surface area contributed by atoms with Crippen molar-refractivity contribution in [3.63, 3.8) is 0 Å². The van der Waals surface area contributed by atoms with Crippen LogP contribution >= 0.6 is 23.4 Å². The molecule has 0 unspecified atom stereocenters. The van der Waals surface area contributed by atoms with Crippen molar-refractivity contribution < 1.29 is 13.7 Å². The van der Waals surface area contributed by atoms with Gasteiger partial charge in [-0.1, -0.05) is 40.7 Å². The van der Waals surface area contributed by atoms with E-state index in [4.69, 9.17) is 25.8 Å². The van der Waals surface area contributed by atoms with E-state index in [1.54, 1.807) is 48.5 Å². The molecule has 0 fully saturated rings. The molecule has 0 spiro atoms. The van der Waals surface area contributed by atoms with E-state index in [1.807, 2.05) is 6.07 Å². The SMILES string of the molecule is COc1ccc(-n2c(SCc3noc(-c4ccc(F)cc4)n3)nc3ccccc3c2=O)cc1Cl. The van der Waals surface area contributed by atoms with E-state index in [9.17, 15) is 9.18 Å². The van der Waals surface area contributed by atoms with Crippen molar-refractivity contribution in [1.82, 2.24) is 19.7 Å². The van der Waals surface area contributed by atoms with E-state index in [-0.39, 0.29) is 17.3 Å². The summed E-state index contributed by atoms with van der Waals surface area (Å²) in [6.45, 7) is 0. The van der Waals surface area contributed by atoms with Crippen molar-refractivity contribution in [2.24, 2.45) is 0 Å². The lowest BCUT2D eigenvalue weighted by Crippen LogP contribution is -2.21. The van der Waals surface area contributed by atoms with Crippen molar-refractivity contribution in [1.29, 1.82) is 0 Å². The predicted octanol–water partition coefficient (Wildman–Crippen LogP) is 5.53. The Balaban J connectivity index is 1.52. The maximum absolute atomic E-state index is 13.4. The highest BCUT2D eigenvalue weighted by Gasteiger charge is 2.16. The average molecular weight is 495 g/mol. The third-order valence-electron chi connectivity index (χ3n) is 5.03. The number of methoxy groups -OCH3 is 1. The van der Waals surface area contributed by atoms with E-state index in [1.165, 1.54) is 35.6 Å². The molecule has 0 bridgehead atoms. The van der Waals surface area contributed by atoms with E-state index in [0.29, 0.717) is 49.7 Å². The van der Waals surface area contributed by atoms with Crippen LogP contribution in [0.25, 0.3) is 28.0 Å². The molecule has 0 aliphatic heterocycles. The van der Waals surface area contributed by atoms with Crippen LogP contribution in [-0.2, 0) is 5.75 Å².